The van der Waals surface area contributed by atoms with Crippen molar-refractivity contribution in [2.24, 2.45) is 0 Å². The van der Waals surface area contributed by atoms with Crippen molar-refractivity contribution in [3.8, 4) is 0 Å². The molecule has 1 aliphatic rings. The molecule has 2 aromatic rings. The van der Waals surface area contributed by atoms with Crippen molar-refractivity contribution < 1.29 is 14.0 Å². The summed E-state index contributed by atoms with van der Waals surface area (Å²) in [6, 6.07) is 13.6. The zero-order valence-electron chi connectivity index (χ0n) is 15.5. The zero-order chi connectivity index (χ0) is 19.9. The number of hydrogen-bond donors (Lipinski definition) is 1. The monoisotopic (exact) mass is 403 g/mol. The van der Waals surface area contributed by atoms with Gasteiger partial charge in [-0.1, -0.05) is 41.9 Å². The lowest BCUT2D eigenvalue weighted by atomic mass is 10.1. The number of carbonyl (C=O) groups excluding carboxylic acids is 2. The number of benzene rings is 2. The first kappa shape index (κ1) is 20.3. The molecule has 0 spiro atoms. The minimum absolute atomic E-state index is 0.0171. The van der Waals surface area contributed by atoms with Gasteiger partial charge in [0.1, 0.15) is 5.82 Å². The Kier molecular flexibility index (Phi) is 7.01. The van der Waals surface area contributed by atoms with Gasteiger partial charge in [-0.05, 0) is 30.2 Å². The second kappa shape index (κ2) is 9.66. The van der Waals surface area contributed by atoms with E-state index in [2.05, 4.69) is 5.32 Å². The van der Waals surface area contributed by atoms with Gasteiger partial charge in [-0.25, -0.2) is 4.39 Å². The highest BCUT2D eigenvalue weighted by Gasteiger charge is 2.22. The molecule has 0 radical (unpaired) electrons. The third kappa shape index (κ3) is 5.53. The predicted octanol–water partition coefficient (Wildman–Crippen LogP) is 3.19. The van der Waals surface area contributed by atoms with Crippen LogP contribution in [0.4, 0.5) is 10.1 Å². The van der Waals surface area contributed by atoms with Gasteiger partial charge in [-0.2, -0.15) is 0 Å². The molecular formula is C21H23ClFN3O2. The first-order chi connectivity index (χ1) is 13.5. The first-order valence-electron chi connectivity index (χ1n) is 9.31. The van der Waals surface area contributed by atoms with E-state index in [1.807, 2.05) is 11.0 Å². The zero-order valence-corrected chi connectivity index (χ0v) is 16.3. The molecule has 1 heterocycles. The van der Waals surface area contributed by atoms with Crippen LogP contribution in [-0.2, 0) is 16.0 Å². The van der Waals surface area contributed by atoms with Gasteiger partial charge in [-0.3, -0.25) is 14.5 Å². The van der Waals surface area contributed by atoms with Gasteiger partial charge in [0, 0.05) is 32.6 Å². The lowest BCUT2D eigenvalue weighted by Gasteiger charge is -2.34. The van der Waals surface area contributed by atoms with Crippen molar-refractivity contribution in [1.82, 2.24) is 9.80 Å². The Balaban J connectivity index is 1.41. The number of halogens is 2. The summed E-state index contributed by atoms with van der Waals surface area (Å²) in [5.41, 5.74) is 1.15. The fourth-order valence-corrected chi connectivity index (χ4v) is 3.39. The normalized spacial score (nSPS) is 14.7. The van der Waals surface area contributed by atoms with Gasteiger partial charge >= 0.3 is 0 Å². The van der Waals surface area contributed by atoms with Crippen molar-refractivity contribution in [2.45, 2.75) is 12.8 Å². The first-order valence-corrected chi connectivity index (χ1v) is 9.68. The summed E-state index contributed by atoms with van der Waals surface area (Å²) in [7, 11) is 0. The number of hydrogen-bond acceptors (Lipinski definition) is 3. The lowest BCUT2D eigenvalue weighted by molar-refractivity contribution is -0.133. The van der Waals surface area contributed by atoms with Crippen molar-refractivity contribution in [3.63, 3.8) is 0 Å². The quantitative estimate of drug-likeness (QED) is 0.805. The number of para-hydroxylation sites is 1. The van der Waals surface area contributed by atoms with E-state index in [1.54, 1.807) is 41.3 Å². The molecule has 1 aliphatic heterocycles. The summed E-state index contributed by atoms with van der Waals surface area (Å²) in [4.78, 5) is 28.4. The summed E-state index contributed by atoms with van der Waals surface area (Å²) >= 11 is 6.05. The predicted molar refractivity (Wildman–Crippen MR) is 108 cm³/mol. The molecular weight excluding hydrogens is 381 g/mol. The average Bonchev–Trinajstić information content (AvgIpc) is 2.69. The van der Waals surface area contributed by atoms with Gasteiger partial charge in [-0.15, -0.1) is 0 Å². The molecule has 3 rings (SSSR count). The van der Waals surface area contributed by atoms with E-state index < -0.39 is 0 Å². The second-order valence-electron chi connectivity index (χ2n) is 6.78. The van der Waals surface area contributed by atoms with Crippen molar-refractivity contribution in [1.29, 1.82) is 0 Å². The van der Waals surface area contributed by atoms with Gasteiger partial charge in [0.2, 0.25) is 11.8 Å². The molecule has 1 N–H and O–H groups in total. The third-order valence-electron chi connectivity index (χ3n) is 4.81. The van der Waals surface area contributed by atoms with E-state index in [1.165, 1.54) is 6.07 Å². The van der Waals surface area contributed by atoms with Crippen LogP contribution in [0.1, 0.15) is 12.0 Å². The third-order valence-corrected chi connectivity index (χ3v) is 5.14. The van der Waals surface area contributed by atoms with Crippen LogP contribution in [0.3, 0.4) is 0 Å². The summed E-state index contributed by atoms with van der Waals surface area (Å²) in [5, 5.41) is 3.31. The highest BCUT2D eigenvalue weighted by molar-refractivity contribution is 6.33. The maximum atomic E-state index is 13.7. The smallest absolute Gasteiger partial charge is 0.238 e. The summed E-state index contributed by atoms with van der Waals surface area (Å²) < 4.78 is 13.7. The van der Waals surface area contributed by atoms with Crippen LogP contribution < -0.4 is 5.32 Å². The molecule has 148 valence electrons. The van der Waals surface area contributed by atoms with Gasteiger partial charge in [0.05, 0.1) is 17.3 Å². The van der Waals surface area contributed by atoms with Crippen LogP contribution in [-0.4, -0.2) is 54.3 Å². The highest BCUT2D eigenvalue weighted by atomic mass is 35.5. The van der Waals surface area contributed by atoms with Gasteiger partial charge in [0.25, 0.3) is 0 Å². The number of amides is 2. The SMILES string of the molecule is O=C(CN1CCN(C(=O)CCc2ccccc2F)CC1)Nc1ccccc1Cl. The molecule has 2 aromatic carbocycles. The summed E-state index contributed by atoms with van der Waals surface area (Å²) in [5.74, 6) is -0.388. The number of piperazine rings is 1. The molecule has 5 nitrogen and oxygen atoms in total. The number of anilines is 1. The number of rotatable bonds is 6. The van der Waals surface area contributed by atoms with Crippen LogP contribution in [0.25, 0.3) is 0 Å². The Morgan fingerprint density at radius 2 is 1.68 bits per heavy atom. The fraction of sp³-hybridized carbons (Fsp3) is 0.333. The molecule has 0 atom stereocenters. The molecule has 0 aromatic heterocycles. The average molecular weight is 404 g/mol. The summed E-state index contributed by atoms with van der Waals surface area (Å²) in [6.45, 7) is 2.64. The van der Waals surface area contributed by atoms with E-state index >= 15 is 0 Å². The molecule has 0 saturated carbocycles. The topological polar surface area (TPSA) is 52.7 Å². The molecule has 28 heavy (non-hydrogen) atoms. The van der Waals surface area contributed by atoms with E-state index in [4.69, 9.17) is 11.6 Å². The van der Waals surface area contributed by atoms with Gasteiger partial charge < -0.3 is 10.2 Å². The minimum atomic E-state index is -0.273. The minimum Gasteiger partial charge on any atom is -0.340 e. The molecule has 0 aliphatic carbocycles. The van der Waals surface area contributed by atoms with E-state index in [0.717, 1.165) is 0 Å². The van der Waals surface area contributed by atoms with E-state index in [-0.39, 0.29) is 30.6 Å². The Morgan fingerprint density at radius 1 is 1.00 bits per heavy atom. The van der Waals surface area contributed by atoms with Crippen LogP contribution in [0, 0.1) is 5.82 Å². The Hall–Kier alpha value is -2.44. The van der Waals surface area contributed by atoms with Crippen LogP contribution in [0.15, 0.2) is 48.5 Å². The number of nitrogens with one attached hydrogen (secondary N) is 1. The highest BCUT2D eigenvalue weighted by Crippen LogP contribution is 2.20. The Morgan fingerprint density at radius 3 is 2.39 bits per heavy atom. The molecule has 1 saturated heterocycles. The van der Waals surface area contributed by atoms with Crippen LogP contribution >= 0.6 is 11.6 Å². The molecule has 1 fully saturated rings. The Bertz CT molecular complexity index is 838. The molecule has 2 amide bonds. The van der Waals surface area contributed by atoms with Gasteiger partial charge in [0.15, 0.2) is 0 Å². The molecule has 0 unspecified atom stereocenters. The van der Waals surface area contributed by atoms with Crippen molar-refractivity contribution in [3.05, 3.63) is 64.9 Å². The van der Waals surface area contributed by atoms with Crippen molar-refractivity contribution >= 4 is 29.1 Å². The van der Waals surface area contributed by atoms with E-state index in [9.17, 15) is 14.0 Å². The lowest BCUT2D eigenvalue weighted by Crippen LogP contribution is -2.50. The molecule has 7 heteroatoms. The number of carbonyl (C=O) groups is 2. The molecule has 0 bridgehead atoms. The standard InChI is InChI=1S/C21H23ClFN3O2/c22-17-6-2-4-8-19(17)24-20(27)15-25-11-13-26(14-12-25)21(28)10-9-16-5-1-3-7-18(16)23/h1-8H,9-15H2,(H,24,27). The van der Waals surface area contributed by atoms with Crippen LogP contribution in [0.5, 0.6) is 0 Å². The maximum absolute atomic E-state index is 13.7. The maximum Gasteiger partial charge on any atom is 0.238 e. The summed E-state index contributed by atoms with van der Waals surface area (Å²) in [6.07, 6.45) is 0.680. The second-order valence-corrected chi connectivity index (χ2v) is 7.18. The number of aryl methyl sites for hydroxylation is 1. The van der Waals surface area contributed by atoms with E-state index in [0.29, 0.717) is 48.9 Å². The largest absolute Gasteiger partial charge is 0.340 e. The Labute approximate surface area is 169 Å². The van der Waals surface area contributed by atoms with Crippen molar-refractivity contribution in [2.75, 3.05) is 38.0 Å². The fourth-order valence-electron chi connectivity index (χ4n) is 3.21. The van der Waals surface area contributed by atoms with Crippen LogP contribution in [0.2, 0.25) is 5.02 Å². The number of nitrogens with zero attached hydrogens (tertiary/aromatic N) is 2.